The van der Waals surface area contributed by atoms with Gasteiger partial charge in [0, 0.05) is 0 Å². The lowest BCUT2D eigenvalue weighted by Crippen LogP contribution is -2.38. The maximum atomic E-state index is 7.05. The molecule has 4 heteroatoms. The minimum Gasteiger partial charge on any atom is -0.544 e. The van der Waals surface area contributed by atoms with Gasteiger partial charge < -0.3 is 8.85 Å². The fraction of sp³-hybridized carbons (Fsp3) is 0.875. The maximum absolute atomic E-state index is 7.05. The number of rotatable bonds is 40. The Morgan fingerprint density at radius 3 is 0.654 bits per heavy atom. The van der Waals surface area contributed by atoms with Gasteiger partial charge in [-0.2, -0.15) is 0 Å². The average Bonchev–Trinajstić information content (AvgIpc) is 3.14. The maximum Gasteiger partial charge on any atom is 0.248 e. The second kappa shape index (κ2) is 34.7. The van der Waals surface area contributed by atoms with Crippen molar-refractivity contribution in [3.8, 4) is 11.5 Å². The largest absolute Gasteiger partial charge is 0.544 e. The highest BCUT2D eigenvalue weighted by Gasteiger charge is 2.32. The van der Waals surface area contributed by atoms with Crippen molar-refractivity contribution < 1.29 is 8.85 Å². The van der Waals surface area contributed by atoms with E-state index in [2.05, 4.69) is 65.1 Å². The fourth-order valence-corrected chi connectivity index (χ4v) is 14.4. The van der Waals surface area contributed by atoms with Crippen molar-refractivity contribution in [2.45, 2.75) is 270 Å². The van der Waals surface area contributed by atoms with Gasteiger partial charge in [0.05, 0.1) is 0 Å². The molecule has 0 heterocycles. The first-order valence-electron chi connectivity index (χ1n) is 23.9. The van der Waals surface area contributed by atoms with E-state index in [0.717, 1.165) is 11.5 Å². The van der Waals surface area contributed by atoms with E-state index in [1.807, 2.05) is 0 Å². The Kier molecular flexibility index (Phi) is 32.9. The number of unbranched alkanes of at least 4 members (excludes halogenated alkanes) is 28. The number of hydrogen-bond acceptors (Lipinski definition) is 2. The Morgan fingerprint density at radius 2 is 0.462 bits per heavy atom. The van der Waals surface area contributed by atoms with Crippen LogP contribution in [0.3, 0.4) is 0 Å². The molecule has 0 atom stereocenters. The first-order chi connectivity index (χ1) is 25.4. The van der Waals surface area contributed by atoms with Gasteiger partial charge in [-0.25, -0.2) is 0 Å². The standard InChI is InChI=1S/C48H94O2Si2/c1-7-11-15-19-23-27-31-35-43-51(5,44-36-32-28-24-20-16-12-8-2)49-47-39-41-48(42-40-47)50-52(6,45-37-33-29-25-21-17-13-9-3)46-38-34-30-26-22-18-14-10-4/h39-42H,7-38,43-46H2,1-6H3. The Bertz CT molecular complexity index is 761. The van der Waals surface area contributed by atoms with Crippen LogP contribution in [-0.4, -0.2) is 16.6 Å². The number of hydrogen-bond donors (Lipinski definition) is 0. The summed E-state index contributed by atoms with van der Waals surface area (Å²) >= 11 is 0. The summed E-state index contributed by atoms with van der Waals surface area (Å²) < 4.78 is 14.1. The van der Waals surface area contributed by atoms with E-state index in [4.69, 9.17) is 8.85 Å². The normalized spacial score (nSPS) is 12.1. The van der Waals surface area contributed by atoms with E-state index in [9.17, 15) is 0 Å². The molecule has 1 aromatic carbocycles. The predicted octanol–water partition coefficient (Wildman–Crippen LogP) is 18.2. The molecule has 0 aliphatic heterocycles. The van der Waals surface area contributed by atoms with Crippen LogP contribution in [-0.2, 0) is 0 Å². The van der Waals surface area contributed by atoms with Crippen LogP contribution in [0.4, 0.5) is 0 Å². The third-order valence-corrected chi connectivity index (χ3v) is 18.9. The molecule has 0 N–H and O–H groups in total. The highest BCUT2D eigenvalue weighted by molar-refractivity contribution is 6.73. The molecule has 0 unspecified atom stereocenters. The third-order valence-electron chi connectivity index (χ3n) is 11.8. The van der Waals surface area contributed by atoms with Crippen LogP contribution >= 0.6 is 0 Å². The van der Waals surface area contributed by atoms with Gasteiger partial charge in [-0.05, 0) is 61.5 Å². The van der Waals surface area contributed by atoms with Crippen molar-refractivity contribution >= 4 is 16.6 Å². The Hall–Kier alpha value is -0.746. The summed E-state index contributed by atoms with van der Waals surface area (Å²) in [7, 11) is -3.64. The summed E-state index contributed by atoms with van der Waals surface area (Å²) in [5.41, 5.74) is 0. The summed E-state index contributed by atoms with van der Waals surface area (Å²) in [5.74, 6) is 2.19. The van der Waals surface area contributed by atoms with Crippen molar-refractivity contribution in [2.75, 3.05) is 0 Å². The van der Waals surface area contributed by atoms with Gasteiger partial charge >= 0.3 is 0 Å². The minimum absolute atomic E-state index is 1.09. The SMILES string of the molecule is CCCCCCCCCC[Si](C)(CCCCCCCCCC)Oc1ccc(O[Si](C)(CCCCCCCCCC)CCCCCCCCCC)cc1. The molecule has 0 bridgehead atoms. The first-order valence-corrected chi connectivity index (χ1v) is 29.5. The highest BCUT2D eigenvalue weighted by atomic mass is 28.4. The lowest BCUT2D eigenvalue weighted by Gasteiger charge is -2.30. The van der Waals surface area contributed by atoms with Crippen molar-refractivity contribution in [3.63, 3.8) is 0 Å². The van der Waals surface area contributed by atoms with Crippen molar-refractivity contribution in [3.05, 3.63) is 24.3 Å². The second-order valence-corrected chi connectivity index (χ2v) is 25.7. The summed E-state index contributed by atoms with van der Waals surface area (Å²) in [6.45, 7) is 14.3. The third kappa shape index (κ3) is 28.7. The molecule has 52 heavy (non-hydrogen) atoms. The predicted molar refractivity (Wildman–Crippen MR) is 241 cm³/mol. The van der Waals surface area contributed by atoms with Crippen molar-refractivity contribution in [2.24, 2.45) is 0 Å². The van der Waals surface area contributed by atoms with Gasteiger partial charge in [-0.3, -0.25) is 0 Å². The average molecular weight is 759 g/mol. The molecule has 0 aliphatic rings. The highest BCUT2D eigenvalue weighted by Crippen LogP contribution is 2.32. The smallest absolute Gasteiger partial charge is 0.248 e. The summed E-state index contributed by atoms with van der Waals surface area (Å²) in [5, 5.41) is 0. The Labute approximate surface area is 330 Å². The molecule has 1 aromatic rings. The molecule has 0 radical (unpaired) electrons. The lowest BCUT2D eigenvalue weighted by molar-refractivity contribution is 0.503. The molecule has 0 saturated heterocycles. The van der Waals surface area contributed by atoms with Gasteiger partial charge in [0.1, 0.15) is 11.5 Å². The fourth-order valence-electron chi connectivity index (χ4n) is 8.13. The summed E-state index contributed by atoms with van der Waals surface area (Å²) in [4.78, 5) is 0. The van der Waals surface area contributed by atoms with E-state index in [-0.39, 0.29) is 0 Å². The monoisotopic (exact) mass is 759 g/mol. The van der Waals surface area contributed by atoms with Crippen LogP contribution in [0.1, 0.15) is 233 Å². The van der Waals surface area contributed by atoms with E-state index in [0.29, 0.717) is 0 Å². The molecule has 0 saturated carbocycles. The molecule has 0 spiro atoms. The first kappa shape index (κ1) is 49.3. The van der Waals surface area contributed by atoms with E-state index in [1.54, 1.807) is 0 Å². The van der Waals surface area contributed by atoms with Gasteiger partial charge in [0.25, 0.3) is 0 Å². The molecule has 0 aromatic heterocycles. The Balaban J connectivity index is 2.76. The zero-order valence-corrected chi connectivity index (χ0v) is 38.6. The quantitative estimate of drug-likeness (QED) is 0.0490. The van der Waals surface area contributed by atoms with Gasteiger partial charge in [-0.15, -0.1) is 0 Å². The molecular weight excluding hydrogens is 665 g/mol. The van der Waals surface area contributed by atoms with Crippen molar-refractivity contribution in [1.82, 2.24) is 0 Å². The topological polar surface area (TPSA) is 18.5 Å². The van der Waals surface area contributed by atoms with Crippen LogP contribution in [0.5, 0.6) is 11.5 Å². The van der Waals surface area contributed by atoms with Crippen LogP contribution in [0.25, 0.3) is 0 Å². The molecule has 306 valence electrons. The van der Waals surface area contributed by atoms with Crippen LogP contribution in [0, 0.1) is 0 Å². The van der Waals surface area contributed by atoms with Crippen LogP contribution in [0.15, 0.2) is 24.3 Å². The lowest BCUT2D eigenvalue weighted by atomic mass is 10.1. The zero-order chi connectivity index (χ0) is 37.9. The molecular formula is C48H94O2Si2. The Morgan fingerprint density at radius 1 is 0.288 bits per heavy atom. The second-order valence-electron chi connectivity index (χ2n) is 17.5. The summed E-state index contributed by atoms with van der Waals surface area (Å²) in [6.07, 6.45) is 44.5. The zero-order valence-electron chi connectivity index (χ0n) is 36.6. The van der Waals surface area contributed by atoms with Gasteiger partial charge in [0.2, 0.25) is 16.6 Å². The molecule has 0 fully saturated rings. The van der Waals surface area contributed by atoms with E-state index in [1.165, 1.54) is 230 Å². The molecule has 0 aliphatic carbocycles. The molecule has 1 rings (SSSR count). The minimum atomic E-state index is -1.82. The molecule has 2 nitrogen and oxygen atoms in total. The van der Waals surface area contributed by atoms with Crippen molar-refractivity contribution in [1.29, 1.82) is 0 Å². The van der Waals surface area contributed by atoms with Crippen LogP contribution < -0.4 is 8.85 Å². The van der Waals surface area contributed by atoms with Gasteiger partial charge in [-0.1, -0.05) is 233 Å². The van der Waals surface area contributed by atoms with Crippen LogP contribution in [0.2, 0.25) is 37.3 Å². The number of benzene rings is 1. The van der Waals surface area contributed by atoms with E-state index >= 15 is 0 Å². The van der Waals surface area contributed by atoms with Gasteiger partial charge in [0.15, 0.2) is 0 Å². The summed E-state index contributed by atoms with van der Waals surface area (Å²) in [6, 6.07) is 14.2. The molecule has 0 amide bonds. The van der Waals surface area contributed by atoms with E-state index < -0.39 is 16.6 Å².